The molecule has 2 rings (SSSR count). The maximum absolute atomic E-state index is 12.4. The van der Waals surface area contributed by atoms with Crippen LogP contribution in [-0.4, -0.2) is 37.1 Å². The van der Waals surface area contributed by atoms with Crippen molar-refractivity contribution in [1.29, 1.82) is 0 Å². The number of amides is 2. The Hall–Kier alpha value is -3.09. The number of nitrogens with one attached hydrogen (secondary N) is 2. The molecule has 0 saturated heterocycles. The second-order valence-corrected chi connectivity index (χ2v) is 5.93. The van der Waals surface area contributed by atoms with Gasteiger partial charge in [-0.1, -0.05) is 6.07 Å². The third-order valence-corrected chi connectivity index (χ3v) is 3.58. The smallest absolute Gasteiger partial charge is 0.270 e. The second-order valence-electron chi connectivity index (χ2n) is 5.93. The van der Waals surface area contributed by atoms with Crippen LogP contribution >= 0.6 is 0 Å². The van der Waals surface area contributed by atoms with Crippen LogP contribution in [0.5, 0.6) is 11.5 Å². The number of pyridine rings is 1. The van der Waals surface area contributed by atoms with Crippen LogP contribution in [-0.2, 0) is 6.54 Å². The van der Waals surface area contributed by atoms with Gasteiger partial charge in [-0.25, -0.2) is 0 Å². The number of nitrogens with zero attached hydrogens (tertiary/aromatic N) is 1. The first-order valence-electron chi connectivity index (χ1n) is 8.20. The van der Waals surface area contributed by atoms with Crippen LogP contribution in [0.2, 0.25) is 0 Å². The largest absolute Gasteiger partial charge is 0.493 e. The van der Waals surface area contributed by atoms with Gasteiger partial charge in [0.2, 0.25) is 0 Å². The third kappa shape index (κ3) is 4.95. The van der Waals surface area contributed by atoms with Crippen LogP contribution < -0.4 is 20.1 Å². The fourth-order valence-electron chi connectivity index (χ4n) is 2.31. The van der Waals surface area contributed by atoms with E-state index >= 15 is 0 Å². The molecule has 0 fully saturated rings. The highest BCUT2D eigenvalue weighted by molar-refractivity contribution is 5.98. The molecule has 1 heterocycles. The maximum atomic E-state index is 12.4. The van der Waals surface area contributed by atoms with Crippen molar-refractivity contribution in [3.05, 3.63) is 53.3 Å². The molecule has 0 saturated carbocycles. The van der Waals surface area contributed by atoms with E-state index in [0.29, 0.717) is 23.6 Å². The van der Waals surface area contributed by atoms with Gasteiger partial charge in [-0.3, -0.25) is 14.6 Å². The number of ether oxygens (including phenoxy) is 2. The number of methoxy groups -OCH3 is 2. The Morgan fingerprint density at radius 2 is 1.77 bits per heavy atom. The lowest BCUT2D eigenvalue weighted by atomic mass is 10.1. The van der Waals surface area contributed by atoms with Crippen LogP contribution in [0.15, 0.2) is 36.5 Å². The first-order valence-corrected chi connectivity index (χ1v) is 8.20. The quantitative estimate of drug-likeness (QED) is 0.793. The Bertz CT molecular complexity index is 790. The van der Waals surface area contributed by atoms with E-state index < -0.39 is 0 Å². The van der Waals surface area contributed by atoms with Gasteiger partial charge in [0.05, 0.1) is 14.2 Å². The molecule has 0 aliphatic heterocycles. The molecule has 2 N–H and O–H groups in total. The molecule has 138 valence electrons. The van der Waals surface area contributed by atoms with Crippen molar-refractivity contribution in [3.63, 3.8) is 0 Å². The normalized spacial score (nSPS) is 10.3. The SMILES string of the molecule is COc1ccc(CNC(=O)c2ccnc(C(=O)NC(C)C)c2)cc1OC. The number of carbonyl (C=O) groups is 2. The number of carbonyl (C=O) groups excluding carboxylic acids is 2. The van der Waals surface area contributed by atoms with Crippen molar-refractivity contribution in [3.8, 4) is 11.5 Å². The third-order valence-electron chi connectivity index (χ3n) is 3.58. The second kappa shape index (κ2) is 8.84. The van der Waals surface area contributed by atoms with E-state index in [1.807, 2.05) is 19.9 Å². The van der Waals surface area contributed by atoms with Gasteiger partial charge in [0.1, 0.15) is 5.69 Å². The average molecular weight is 357 g/mol. The number of aromatic nitrogens is 1. The van der Waals surface area contributed by atoms with E-state index in [1.165, 1.54) is 12.3 Å². The average Bonchev–Trinajstić information content (AvgIpc) is 2.65. The Labute approximate surface area is 152 Å². The summed E-state index contributed by atoms with van der Waals surface area (Å²) in [5.41, 5.74) is 1.44. The summed E-state index contributed by atoms with van der Waals surface area (Å²) >= 11 is 0. The monoisotopic (exact) mass is 357 g/mol. The van der Waals surface area contributed by atoms with Crippen molar-refractivity contribution >= 4 is 11.8 Å². The maximum Gasteiger partial charge on any atom is 0.270 e. The molecular formula is C19H23N3O4. The summed E-state index contributed by atoms with van der Waals surface area (Å²) in [7, 11) is 3.12. The summed E-state index contributed by atoms with van der Waals surface area (Å²) < 4.78 is 10.4. The Kier molecular flexibility index (Phi) is 6.54. The van der Waals surface area contributed by atoms with E-state index in [1.54, 1.807) is 32.4 Å². The predicted molar refractivity (Wildman–Crippen MR) is 97.6 cm³/mol. The predicted octanol–water partition coefficient (Wildman–Crippen LogP) is 2.17. The van der Waals surface area contributed by atoms with E-state index in [4.69, 9.17) is 9.47 Å². The topological polar surface area (TPSA) is 89.5 Å². The van der Waals surface area contributed by atoms with Crippen LogP contribution in [0.1, 0.15) is 40.3 Å². The van der Waals surface area contributed by atoms with Crippen LogP contribution in [0.4, 0.5) is 0 Å². The van der Waals surface area contributed by atoms with Gasteiger partial charge < -0.3 is 20.1 Å². The standard InChI is InChI=1S/C19H23N3O4/c1-12(2)22-19(24)15-10-14(7-8-20-15)18(23)21-11-13-5-6-16(25-3)17(9-13)26-4/h5-10,12H,11H2,1-4H3,(H,21,23)(H,22,24). The number of rotatable bonds is 7. The van der Waals surface area contributed by atoms with Gasteiger partial charge in [0.15, 0.2) is 11.5 Å². The molecule has 0 bridgehead atoms. The molecule has 7 nitrogen and oxygen atoms in total. The van der Waals surface area contributed by atoms with Crippen molar-refractivity contribution in [1.82, 2.24) is 15.6 Å². The first-order chi connectivity index (χ1) is 12.4. The molecular weight excluding hydrogens is 334 g/mol. The Morgan fingerprint density at radius 1 is 1.04 bits per heavy atom. The summed E-state index contributed by atoms with van der Waals surface area (Å²) in [4.78, 5) is 28.4. The van der Waals surface area contributed by atoms with Crippen LogP contribution in [0.25, 0.3) is 0 Å². The van der Waals surface area contributed by atoms with Crippen LogP contribution in [0, 0.1) is 0 Å². The van der Waals surface area contributed by atoms with Gasteiger partial charge in [-0.2, -0.15) is 0 Å². The lowest BCUT2D eigenvalue weighted by molar-refractivity contribution is 0.0938. The van der Waals surface area contributed by atoms with E-state index in [9.17, 15) is 9.59 Å². The highest BCUT2D eigenvalue weighted by Crippen LogP contribution is 2.27. The molecule has 0 spiro atoms. The number of hydrogen-bond donors (Lipinski definition) is 2. The highest BCUT2D eigenvalue weighted by Gasteiger charge is 2.13. The van der Waals surface area contributed by atoms with Crippen molar-refractivity contribution < 1.29 is 19.1 Å². The molecule has 0 aliphatic carbocycles. The Morgan fingerprint density at radius 3 is 2.42 bits per heavy atom. The van der Waals surface area contributed by atoms with Gasteiger partial charge in [0, 0.05) is 24.3 Å². The summed E-state index contributed by atoms with van der Waals surface area (Å²) in [6.45, 7) is 4.03. The van der Waals surface area contributed by atoms with Gasteiger partial charge >= 0.3 is 0 Å². The molecule has 1 aromatic heterocycles. The first kappa shape index (κ1) is 19.2. The zero-order valence-electron chi connectivity index (χ0n) is 15.3. The molecule has 0 radical (unpaired) electrons. The van der Waals surface area contributed by atoms with Crippen molar-refractivity contribution in [2.24, 2.45) is 0 Å². The highest BCUT2D eigenvalue weighted by atomic mass is 16.5. The van der Waals surface area contributed by atoms with Gasteiger partial charge in [0.25, 0.3) is 11.8 Å². The molecule has 1 aromatic carbocycles. The minimum absolute atomic E-state index is 0.00756. The van der Waals surface area contributed by atoms with Crippen molar-refractivity contribution in [2.75, 3.05) is 14.2 Å². The molecule has 0 aliphatic rings. The van der Waals surface area contributed by atoms with Gasteiger partial charge in [-0.05, 0) is 43.7 Å². The summed E-state index contributed by atoms with van der Waals surface area (Å²) in [5.74, 6) is 0.614. The lowest BCUT2D eigenvalue weighted by Gasteiger charge is -2.11. The van der Waals surface area contributed by atoms with E-state index in [2.05, 4.69) is 15.6 Å². The fraction of sp³-hybridized carbons (Fsp3) is 0.316. The summed E-state index contributed by atoms with van der Waals surface area (Å²) in [6.07, 6.45) is 1.45. The summed E-state index contributed by atoms with van der Waals surface area (Å²) in [5, 5.41) is 5.56. The zero-order chi connectivity index (χ0) is 19.1. The number of hydrogen-bond acceptors (Lipinski definition) is 5. The fourth-order valence-corrected chi connectivity index (χ4v) is 2.31. The molecule has 2 amide bonds. The molecule has 7 heteroatoms. The minimum atomic E-state index is -0.311. The van der Waals surface area contributed by atoms with E-state index in [-0.39, 0.29) is 23.6 Å². The van der Waals surface area contributed by atoms with Crippen LogP contribution in [0.3, 0.4) is 0 Å². The molecule has 0 atom stereocenters. The van der Waals surface area contributed by atoms with E-state index in [0.717, 1.165) is 5.56 Å². The lowest BCUT2D eigenvalue weighted by Crippen LogP contribution is -2.31. The molecule has 0 unspecified atom stereocenters. The van der Waals surface area contributed by atoms with Crippen molar-refractivity contribution in [2.45, 2.75) is 26.4 Å². The summed E-state index contributed by atoms with van der Waals surface area (Å²) in [6, 6.07) is 8.45. The minimum Gasteiger partial charge on any atom is -0.493 e. The zero-order valence-corrected chi connectivity index (χ0v) is 15.3. The molecule has 2 aromatic rings. The number of benzene rings is 1. The van der Waals surface area contributed by atoms with Gasteiger partial charge in [-0.15, -0.1) is 0 Å². The molecule has 26 heavy (non-hydrogen) atoms. The Balaban J connectivity index is 2.05.